The van der Waals surface area contributed by atoms with Crippen molar-refractivity contribution in [3.8, 4) is 0 Å². The molecule has 0 amide bonds. The van der Waals surface area contributed by atoms with Crippen molar-refractivity contribution in [3.05, 3.63) is 35.5 Å². The van der Waals surface area contributed by atoms with Crippen LogP contribution in [0.5, 0.6) is 0 Å². The zero-order valence-corrected chi connectivity index (χ0v) is 10.2. The smallest absolute Gasteiger partial charge is 0.181 e. The molecule has 0 bridgehead atoms. The average molecular weight is 222 g/mol. The molecule has 0 fully saturated rings. The first kappa shape index (κ1) is 12.9. The van der Waals surface area contributed by atoms with Crippen LogP contribution < -0.4 is 0 Å². The van der Waals surface area contributed by atoms with Crippen molar-refractivity contribution < 1.29 is 15.0 Å². The first-order valence-electron chi connectivity index (χ1n) is 5.18. The van der Waals surface area contributed by atoms with Gasteiger partial charge in [0, 0.05) is 0 Å². The van der Waals surface area contributed by atoms with Gasteiger partial charge in [-0.05, 0) is 50.5 Å². The van der Waals surface area contributed by atoms with Gasteiger partial charge in [-0.3, -0.25) is 4.79 Å². The highest BCUT2D eigenvalue weighted by Crippen LogP contribution is 2.41. The first-order chi connectivity index (χ1) is 7.18. The molecule has 0 spiro atoms. The molecular weight excluding hydrogens is 204 g/mol. The van der Waals surface area contributed by atoms with Gasteiger partial charge in [-0.25, -0.2) is 0 Å². The molecular formula is C13H18O3. The SMILES string of the molecule is C=CC(C)(O)C1(O)C(C)=CC(=O)C(C)=C1C. The lowest BCUT2D eigenvalue weighted by molar-refractivity contribution is -0.113. The molecule has 16 heavy (non-hydrogen) atoms. The summed E-state index contributed by atoms with van der Waals surface area (Å²) in [5, 5.41) is 20.8. The van der Waals surface area contributed by atoms with Crippen LogP contribution in [0.3, 0.4) is 0 Å². The Morgan fingerprint density at radius 1 is 1.44 bits per heavy atom. The number of rotatable bonds is 2. The van der Waals surface area contributed by atoms with Crippen LogP contribution in [0, 0.1) is 0 Å². The summed E-state index contributed by atoms with van der Waals surface area (Å²) in [6, 6.07) is 0. The molecule has 0 aromatic rings. The second kappa shape index (κ2) is 3.68. The van der Waals surface area contributed by atoms with Gasteiger partial charge in [-0.1, -0.05) is 6.08 Å². The maximum atomic E-state index is 11.6. The average Bonchev–Trinajstić information content (AvgIpc) is 2.23. The van der Waals surface area contributed by atoms with Crippen LogP contribution in [0.15, 0.2) is 35.5 Å². The molecule has 1 aliphatic carbocycles. The van der Waals surface area contributed by atoms with E-state index < -0.39 is 11.2 Å². The molecule has 0 radical (unpaired) electrons. The molecule has 0 saturated heterocycles. The summed E-state index contributed by atoms with van der Waals surface area (Å²) >= 11 is 0. The fourth-order valence-corrected chi connectivity index (χ4v) is 2.09. The molecule has 0 aromatic heterocycles. The fourth-order valence-electron chi connectivity index (χ4n) is 2.09. The van der Waals surface area contributed by atoms with Crippen LogP contribution in [0.4, 0.5) is 0 Å². The van der Waals surface area contributed by atoms with Crippen molar-refractivity contribution in [2.75, 3.05) is 0 Å². The predicted molar refractivity (Wildman–Crippen MR) is 62.9 cm³/mol. The van der Waals surface area contributed by atoms with E-state index in [9.17, 15) is 15.0 Å². The summed E-state index contributed by atoms with van der Waals surface area (Å²) in [7, 11) is 0. The van der Waals surface area contributed by atoms with Crippen LogP contribution in [0.2, 0.25) is 0 Å². The number of allylic oxidation sites excluding steroid dienone is 2. The summed E-state index contributed by atoms with van der Waals surface area (Å²) in [6.07, 6.45) is 2.65. The minimum atomic E-state index is -1.55. The van der Waals surface area contributed by atoms with E-state index in [4.69, 9.17) is 0 Å². The highest BCUT2D eigenvalue weighted by molar-refractivity contribution is 6.06. The van der Waals surface area contributed by atoms with E-state index in [0.717, 1.165) is 0 Å². The lowest BCUT2D eigenvalue weighted by atomic mass is 9.69. The topological polar surface area (TPSA) is 57.5 Å². The minimum Gasteiger partial charge on any atom is -0.382 e. The summed E-state index contributed by atoms with van der Waals surface area (Å²) in [5.41, 5.74) is -1.67. The highest BCUT2D eigenvalue weighted by Gasteiger charge is 2.49. The maximum Gasteiger partial charge on any atom is 0.181 e. The first-order valence-corrected chi connectivity index (χ1v) is 5.18. The normalized spacial score (nSPS) is 29.9. The molecule has 2 atom stereocenters. The van der Waals surface area contributed by atoms with E-state index in [1.807, 2.05) is 0 Å². The monoisotopic (exact) mass is 222 g/mol. The molecule has 0 aromatic carbocycles. The fraction of sp³-hybridized carbons (Fsp3) is 0.462. The van der Waals surface area contributed by atoms with Gasteiger partial charge in [0.15, 0.2) is 5.78 Å². The zero-order chi connectivity index (χ0) is 12.7. The summed E-state index contributed by atoms with van der Waals surface area (Å²) in [5.74, 6) is -0.125. The van der Waals surface area contributed by atoms with Crippen molar-refractivity contribution in [1.29, 1.82) is 0 Å². The highest BCUT2D eigenvalue weighted by atomic mass is 16.4. The van der Waals surface area contributed by atoms with E-state index in [-0.39, 0.29) is 5.78 Å². The van der Waals surface area contributed by atoms with Gasteiger partial charge in [-0.2, -0.15) is 0 Å². The Labute approximate surface area is 95.8 Å². The van der Waals surface area contributed by atoms with E-state index in [0.29, 0.717) is 16.7 Å². The van der Waals surface area contributed by atoms with Gasteiger partial charge >= 0.3 is 0 Å². The second-order valence-electron chi connectivity index (χ2n) is 4.50. The lowest BCUT2D eigenvalue weighted by Crippen LogP contribution is -2.54. The molecule has 1 rings (SSSR count). The van der Waals surface area contributed by atoms with Crippen molar-refractivity contribution in [3.63, 3.8) is 0 Å². The Morgan fingerprint density at radius 2 is 1.94 bits per heavy atom. The molecule has 0 heterocycles. The van der Waals surface area contributed by atoms with E-state index in [1.165, 1.54) is 19.1 Å². The number of hydrogen-bond acceptors (Lipinski definition) is 3. The van der Waals surface area contributed by atoms with Gasteiger partial charge < -0.3 is 10.2 Å². The van der Waals surface area contributed by atoms with Gasteiger partial charge in [0.1, 0.15) is 11.2 Å². The predicted octanol–water partition coefficient (Wildman–Crippen LogP) is 1.52. The number of hydrogen-bond donors (Lipinski definition) is 2. The number of carbonyl (C=O) groups excluding carboxylic acids is 1. The van der Waals surface area contributed by atoms with Crippen molar-refractivity contribution in [2.45, 2.75) is 38.9 Å². The molecule has 3 heteroatoms. The summed E-state index contributed by atoms with van der Waals surface area (Å²) in [6.45, 7) is 9.93. The molecule has 1 aliphatic rings. The van der Waals surface area contributed by atoms with Gasteiger partial charge in [0.05, 0.1) is 0 Å². The number of ketones is 1. The van der Waals surface area contributed by atoms with Gasteiger partial charge in [0.25, 0.3) is 0 Å². The Bertz CT molecular complexity index is 413. The molecule has 0 saturated carbocycles. The third kappa shape index (κ3) is 1.47. The van der Waals surface area contributed by atoms with E-state index in [2.05, 4.69) is 6.58 Å². The third-order valence-electron chi connectivity index (χ3n) is 3.52. The van der Waals surface area contributed by atoms with Gasteiger partial charge in [-0.15, -0.1) is 6.58 Å². The van der Waals surface area contributed by atoms with Gasteiger partial charge in [0.2, 0.25) is 0 Å². The van der Waals surface area contributed by atoms with Crippen molar-refractivity contribution in [2.24, 2.45) is 0 Å². The summed E-state index contributed by atoms with van der Waals surface area (Å²) < 4.78 is 0. The standard InChI is InChI=1S/C13H18O3/c1-6-12(5,15)13(16)8(2)7-11(14)9(3)10(13)4/h6-7,15-16H,1H2,2-5H3. The minimum absolute atomic E-state index is 0.125. The zero-order valence-electron chi connectivity index (χ0n) is 10.2. The molecule has 3 nitrogen and oxygen atoms in total. The van der Waals surface area contributed by atoms with Crippen LogP contribution in [-0.2, 0) is 4.79 Å². The van der Waals surface area contributed by atoms with Crippen molar-refractivity contribution in [1.82, 2.24) is 0 Å². The Morgan fingerprint density at radius 3 is 2.38 bits per heavy atom. The number of carbonyl (C=O) groups is 1. The van der Waals surface area contributed by atoms with Crippen LogP contribution >= 0.6 is 0 Å². The van der Waals surface area contributed by atoms with Crippen LogP contribution in [-0.4, -0.2) is 27.2 Å². The van der Waals surface area contributed by atoms with E-state index in [1.54, 1.807) is 20.8 Å². The van der Waals surface area contributed by atoms with Crippen molar-refractivity contribution >= 4 is 5.78 Å². The molecule has 88 valence electrons. The quantitative estimate of drug-likeness (QED) is 0.696. The molecule has 2 N–H and O–H groups in total. The van der Waals surface area contributed by atoms with Crippen LogP contribution in [0.1, 0.15) is 27.7 Å². The Balaban J connectivity index is 3.49. The van der Waals surface area contributed by atoms with Crippen LogP contribution in [0.25, 0.3) is 0 Å². The Hall–Kier alpha value is -1.19. The lowest BCUT2D eigenvalue weighted by Gasteiger charge is -2.43. The number of aliphatic hydroxyl groups is 2. The molecule has 0 aliphatic heterocycles. The Kier molecular flexibility index (Phi) is 2.96. The maximum absolute atomic E-state index is 11.6. The molecule has 2 unspecified atom stereocenters. The second-order valence-corrected chi connectivity index (χ2v) is 4.50. The summed E-state index contributed by atoms with van der Waals surface area (Å²) in [4.78, 5) is 11.6. The largest absolute Gasteiger partial charge is 0.382 e. The third-order valence-corrected chi connectivity index (χ3v) is 3.52. The van der Waals surface area contributed by atoms with E-state index >= 15 is 0 Å².